The van der Waals surface area contributed by atoms with Crippen LogP contribution < -0.4 is 11.1 Å². The van der Waals surface area contributed by atoms with Crippen molar-refractivity contribution in [2.45, 2.75) is 19.0 Å². The largest absolute Gasteiger partial charge is 0.326 e. The highest BCUT2D eigenvalue weighted by Gasteiger charge is 2.38. The predicted molar refractivity (Wildman–Crippen MR) is 144 cm³/mol. The average molecular weight is 536 g/mol. The van der Waals surface area contributed by atoms with Crippen LogP contribution in [0.3, 0.4) is 0 Å². The Kier molecular flexibility index (Phi) is 6.67. The number of aromatic nitrogens is 2. The summed E-state index contributed by atoms with van der Waals surface area (Å²) in [5.74, 6) is -0.709. The van der Waals surface area contributed by atoms with Gasteiger partial charge in [-0.05, 0) is 41.3 Å². The molecule has 0 unspecified atom stereocenters. The minimum absolute atomic E-state index is 0.219. The molecular weight excluding hydrogens is 510 g/mol. The molecule has 1 aliphatic rings. The summed E-state index contributed by atoms with van der Waals surface area (Å²) >= 11 is 1.31. The van der Waals surface area contributed by atoms with Gasteiger partial charge >= 0.3 is 0 Å². The maximum atomic E-state index is 12.9. The summed E-state index contributed by atoms with van der Waals surface area (Å²) in [4.78, 5) is 31.7. The van der Waals surface area contributed by atoms with Gasteiger partial charge in [-0.1, -0.05) is 36.4 Å². The van der Waals surface area contributed by atoms with Gasteiger partial charge in [0.05, 0.1) is 17.5 Å². The highest BCUT2D eigenvalue weighted by molar-refractivity contribution is 7.89. The fraction of sp³-hybridized carbons (Fsp3) is 0.192. The monoisotopic (exact) mass is 535 g/mol. The smallest absolute Gasteiger partial charge is 0.256 e. The third-order valence-electron chi connectivity index (χ3n) is 6.27. The first-order valence-corrected chi connectivity index (χ1v) is 14.3. The van der Waals surface area contributed by atoms with Crippen molar-refractivity contribution >= 4 is 38.3 Å². The second-order valence-corrected chi connectivity index (χ2v) is 11.6. The molecule has 1 aliphatic heterocycles. The van der Waals surface area contributed by atoms with Gasteiger partial charge in [0.25, 0.3) is 5.91 Å². The van der Waals surface area contributed by atoms with Gasteiger partial charge in [-0.15, -0.1) is 11.3 Å². The van der Waals surface area contributed by atoms with E-state index in [0.717, 1.165) is 38.2 Å². The quantitative estimate of drug-likeness (QED) is 0.373. The number of amides is 2. The topological polar surface area (TPSA) is 127 Å². The number of benzene rings is 2. The van der Waals surface area contributed by atoms with E-state index in [4.69, 9.17) is 5.73 Å². The van der Waals surface area contributed by atoms with E-state index in [2.05, 4.69) is 16.4 Å². The lowest BCUT2D eigenvalue weighted by Gasteiger charge is -2.39. The van der Waals surface area contributed by atoms with E-state index in [1.165, 1.54) is 34.7 Å². The number of rotatable bonds is 7. The van der Waals surface area contributed by atoms with E-state index in [9.17, 15) is 18.0 Å². The molecule has 11 heteroatoms. The van der Waals surface area contributed by atoms with Crippen molar-refractivity contribution < 1.29 is 18.0 Å². The maximum absolute atomic E-state index is 12.9. The van der Waals surface area contributed by atoms with Crippen LogP contribution in [0.15, 0.2) is 72.4 Å². The molecule has 0 saturated carbocycles. The lowest BCUT2D eigenvalue weighted by molar-refractivity contribution is -0.123. The number of hydrogen-bond donors (Lipinski definition) is 2. The number of thiazole rings is 1. The standard InChI is InChI=1S/C26H25N5O4S2/c1-37(34,35)30-10-8-21(15-30)25(33)31-11-9-23(31)24(32)29-26-28-22(16-36-26)20-7-3-6-19(13-20)18-5-2-4-17(12-18)14-27/h2-8,10,12-13,15-16,23H,9,11,14,27H2,1H3,(H,28,29,32)/t23-/m0/s1. The van der Waals surface area contributed by atoms with E-state index < -0.39 is 16.1 Å². The van der Waals surface area contributed by atoms with Crippen LogP contribution in [0.25, 0.3) is 22.4 Å². The van der Waals surface area contributed by atoms with Gasteiger partial charge in [0, 0.05) is 36.4 Å². The SMILES string of the molecule is CS(=O)(=O)n1ccc(C(=O)N2CC[C@H]2C(=O)Nc2nc(-c3cccc(-c4cccc(CN)c4)c3)cs2)c1. The van der Waals surface area contributed by atoms with Crippen molar-refractivity contribution in [3.63, 3.8) is 0 Å². The highest BCUT2D eigenvalue weighted by Crippen LogP contribution is 2.30. The number of nitrogens with one attached hydrogen (secondary N) is 1. The third kappa shape index (κ3) is 5.19. The average Bonchev–Trinajstić information content (AvgIpc) is 3.54. The molecule has 1 fully saturated rings. The Morgan fingerprint density at radius 2 is 1.84 bits per heavy atom. The zero-order valence-corrected chi connectivity index (χ0v) is 21.6. The zero-order valence-electron chi connectivity index (χ0n) is 20.0. The molecule has 190 valence electrons. The minimum Gasteiger partial charge on any atom is -0.326 e. The van der Waals surface area contributed by atoms with Crippen molar-refractivity contribution in [3.05, 3.63) is 83.5 Å². The van der Waals surface area contributed by atoms with Gasteiger partial charge in [-0.2, -0.15) is 0 Å². The van der Waals surface area contributed by atoms with Crippen LogP contribution in [0.2, 0.25) is 0 Å². The molecule has 0 bridgehead atoms. The van der Waals surface area contributed by atoms with Gasteiger partial charge < -0.3 is 16.0 Å². The molecule has 2 amide bonds. The first-order chi connectivity index (χ1) is 17.7. The normalized spacial score (nSPS) is 15.3. The summed E-state index contributed by atoms with van der Waals surface area (Å²) in [6, 6.07) is 16.9. The van der Waals surface area contributed by atoms with Crippen LogP contribution in [0.5, 0.6) is 0 Å². The summed E-state index contributed by atoms with van der Waals surface area (Å²) < 4.78 is 24.3. The number of likely N-dealkylation sites (tertiary alicyclic amines) is 1. The number of hydrogen-bond acceptors (Lipinski definition) is 7. The van der Waals surface area contributed by atoms with Crippen molar-refractivity contribution in [1.29, 1.82) is 0 Å². The molecule has 5 rings (SSSR count). The maximum Gasteiger partial charge on any atom is 0.256 e. The van der Waals surface area contributed by atoms with Gasteiger partial charge in [0.1, 0.15) is 6.04 Å². The molecular formula is C26H25N5O4S2. The van der Waals surface area contributed by atoms with E-state index in [1.54, 1.807) is 0 Å². The molecule has 2 aromatic heterocycles. The highest BCUT2D eigenvalue weighted by atomic mass is 32.2. The third-order valence-corrected chi connectivity index (χ3v) is 8.02. The summed E-state index contributed by atoms with van der Waals surface area (Å²) in [5.41, 5.74) is 10.8. The molecule has 3 heterocycles. The van der Waals surface area contributed by atoms with Crippen LogP contribution in [-0.2, 0) is 21.4 Å². The van der Waals surface area contributed by atoms with Crippen LogP contribution in [0.1, 0.15) is 22.3 Å². The number of anilines is 1. The van der Waals surface area contributed by atoms with Gasteiger partial charge in [0.15, 0.2) is 5.13 Å². The summed E-state index contributed by atoms with van der Waals surface area (Å²) in [7, 11) is -3.49. The van der Waals surface area contributed by atoms with Crippen LogP contribution in [0.4, 0.5) is 5.13 Å². The van der Waals surface area contributed by atoms with Gasteiger partial charge in [0.2, 0.25) is 15.9 Å². The lowest BCUT2D eigenvalue weighted by atomic mass is 10.0. The first-order valence-electron chi connectivity index (χ1n) is 11.6. The van der Waals surface area contributed by atoms with E-state index in [0.29, 0.717) is 24.6 Å². The molecule has 0 aliphatic carbocycles. The van der Waals surface area contributed by atoms with Crippen LogP contribution >= 0.6 is 11.3 Å². The Morgan fingerprint density at radius 3 is 2.51 bits per heavy atom. The summed E-state index contributed by atoms with van der Waals surface area (Å²) in [6.45, 7) is 0.891. The Balaban J connectivity index is 1.27. The second kappa shape index (κ2) is 9.92. The van der Waals surface area contributed by atoms with Crippen LogP contribution in [0, 0.1) is 0 Å². The minimum atomic E-state index is -3.49. The molecule has 2 aromatic carbocycles. The van der Waals surface area contributed by atoms with Crippen molar-refractivity contribution in [1.82, 2.24) is 13.9 Å². The molecule has 3 N–H and O–H groups in total. The molecule has 9 nitrogen and oxygen atoms in total. The summed E-state index contributed by atoms with van der Waals surface area (Å²) in [5, 5.41) is 5.14. The number of carbonyl (C=O) groups is 2. The number of carbonyl (C=O) groups excluding carboxylic acids is 2. The second-order valence-electron chi connectivity index (χ2n) is 8.81. The first kappa shape index (κ1) is 24.9. The van der Waals surface area contributed by atoms with Gasteiger partial charge in [-0.25, -0.2) is 13.4 Å². The van der Waals surface area contributed by atoms with Crippen molar-refractivity contribution in [2.75, 3.05) is 18.1 Å². The van der Waals surface area contributed by atoms with Crippen LogP contribution in [-0.4, -0.2) is 52.9 Å². The number of nitrogens with zero attached hydrogens (tertiary/aromatic N) is 3. The molecule has 37 heavy (non-hydrogen) atoms. The fourth-order valence-electron chi connectivity index (χ4n) is 4.17. The van der Waals surface area contributed by atoms with Gasteiger partial charge in [-0.3, -0.25) is 13.6 Å². The molecule has 1 atom stereocenters. The Hall–Kier alpha value is -3.80. The Bertz CT molecular complexity index is 1590. The predicted octanol–water partition coefficient (Wildman–Crippen LogP) is 3.40. The van der Waals surface area contributed by atoms with E-state index in [-0.39, 0.29) is 17.4 Å². The molecule has 0 radical (unpaired) electrons. The Labute approximate surface area is 218 Å². The molecule has 0 spiro atoms. The Morgan fingerprint density at radius 1 is 1.11 bits per heavy atom. The molecule has 1 saturated heterocycles. The fourth-order valence-corrected chi connectivity index (χ4v) is 5.48. The lowest BCUT2D eigenvalue weighted by Crippen LogP contribution is -2.56. The van der Waals surface area contributed by atoms with E-state index >= 15 is 0 Å². The van der Waals surface area contributed by atoms with E-state index in [1.807, 2.05) is 47.8 Å². The zero-order chi connectivity index (χ0) is 26.2. The van der Waals surface area contributed by atoms with Crippen molar-refractivity contribution in [2.24, 2.45) is 5.73 Å². The number of nitrogens with two attached hydrogens (primary N) is 1. The molecule has 4 aromatic rings. The summed E-state index contributed by atoms with van der Waals surface area (Å²) in [6.07, 6.45) is 4.16. The van der Waals surface area contributed by atoms with Crippen molar-refractivity contribution in [3.8, 4) is 22.4 Å².